The number of fused-ring (bicyclic) bond motifs is 7. The maximum atomic E-state index is 6.36. The second-order valence-corrected chi connectivity index (χ2v) is 8.27. The van der Waals surface area contributed by atoms with Crippen molar-refractivity contribution in [2.45, 2.75) is 0 Å². The Balaban J connectivity index is 1.85. The topological polar surface area (TPSA) is 18.1 Å². The lowest BCUT2D eigenvalue weighted by Crippen LogP contribution is -1.93. The molecule has 0 N–H and O–H groups in total. The summed E-state index contributed by atoms with van der Waals surface area (Å²) in [6, 6.07) is 26.9. The van der Waals surface area contributed by atoms with Crippen molar-refractivity contribution in [2.75, 3.05) is 0 Å². The summed E-state index contributed by atoms with van der Waals surface area (Å²) in [4.78, 5) is 0. The Bertz CT molecular complexity index is 1520. The summed E-state index contributed by atoms with van der Waals surface area (Å²) in [5.74, 6) is 0. The number of furan rings is 1. The fourth-order valence-electron chi connectivity index (χ4n) is 4.18. The normalized spacial score (nSPS) is 11.9. The lowest BCUT2D eigenvalue weighted by molar-refractivity contribution is 0.673. The molecule has 2 heterocycles. The first kappa shape index (κ1) is 16.2. The van der Waals surface area contributed by atoms with E-state index in [1.54, 1.807) is 0 Å². The molecule has 0 saturated heterocycles. The molecule has 6 aromatic rings. The van der Waals surface area contributed by atoms with E-state index >= 15 is 0 Å². The van der Waals surface area contributed by atoms with Gasteiger partial charge >= 0.3 is 0 Å². The van der Waals surface area contributed by atoms with E-state index in [1.165, 1.54) is 5.39 Å². The van der Waals surface area contributed by atoms with E-state index in [0.29, 0.717) is 5.02 Å². The van der Waals surface area contributed by atoms with Crippen LogP contribution in [0.25, 0.3) is 49.4 Å². The molecule has 0 fully saturated rings. The molecule has 0 bridgehead atoms. The number of halogens is 2. The number of nitrogens with zero attached hydrogens (tertiary/aromatic N) is 1. The van der Waals surface area contributed by atoms with Gasteiger partial charge in [-0.15, -0.1) is 0 Å². The van der Waals surface area contributed by atoms with Crippen LogP contribution < -0.4 is 0 Å². The number of hydrogen-bond donors (Lipinski definition) is 0. The molecule has 4 aromatic carbocycles. The van der Waals surface area contributed by atoms with Crippen molar-refractivity contribution in [2.24, 2.45) is 0 Å². The van der Waals surface area contributed by atoms with Crippen LogP contribution in [0.3, 0.4) is 0 Å². The van der Waals surface area contributed by atoms with E-state index in [1.807, 2.05) is 30.3 Å². The van der Waals surface area contributed by atoms with Crippen LogP contribution in [0.1, 0.15) is 0 Å². The summed E-state index contributed by atoms with van der Waals surface area (Å²) >= 11 is 9.93. The van der Waals surface area contributed by atoms with Crippen LogP contribution in [0.4, 0.5) is 0 Å². The van der Waals surface area contributed by atoms with E-state index in [4.69, 9.17) is 16.0 Å². The van der Waals surface area contributed by atoms with Crippen LogP contribution in [-0.4, -0.2) is 4.57 Å². The molecule has 0 aliphatic heterocycles. The lowest BCUT2D eigenvalue weighted by atomic mass is 10.1. The zero-order chi connectivity index (χ0) is 18.8. The third-order valence-corrected chi connectivity index (χ3v) is 5.96. The molecule has 0 amide bonds. The molecule has 0 spiro atoms. The summed E-state index contributed by atoms with van der Waals surface area (Å²) < 4.78 is 9.52. The molecule has 4 heteroatoms. The lowest BCUT2D eigenvalue weighted by Gasteiger charge is -2.09. The summed E-state index contributed by atoms with van der Waals surface area (Å²) in [6.45, 7) is 0. The minimum atomic E-state index is 0.695. The van der Waals surface area contributed by atoms with E-state index in [0.717, 1.165) is 48.5 Å². The first-order valence-electron chi connectivity index (χ1n) is 9.00. The fraction of sp³-hybridized carbons (Fsp3) is 0. The highest BCUT2D eigenvalue weighted by Gasteiger charge is 2.18. The first-order chi connectivity index (χ1) is 13.7. The monoisotopic (exact) mass is 445 g/mol. The average Bonchev–Trinajstić information content (AvgIpc) is 3.22. The van der Waals surface area contributed by atoms with Crippen LogP contribution in [-0.2, 0) is 0 Å². The van der Waals surface area contributed by atoms with Crippen LogP contribution in [0.5, 0.6) is 0 Å². The summed E-state index contributed by atoms with van der Waals surface area (Å²) in [7, 11) is 0. The molecule has 0 aliphatic carbocycles. The van der Waals surface area contributed by atoms with Crippen molar-refractivity contribution in [3.8, 4) is 5.69 Å². The maximum Gasteiger partial charge on any atom is 0.145 e. The molecule has 2 nitrogen and oxygen atoms in total. The molecule has 6 rings (SSSR count). The zero-order valence-corrected chi connectivity index (χ0v) is 17.0. The zero-order valence-electron chi connectivity index (χ0n) is 14.6. The quantitative estimate of drug-likeness (QED) is 0.249. The molecular weight excluding hydrogens is 434 g/mol. The molecule has 28 heavy (non-hydrogen) atoms. The number of para-hydroxylation sites is 2. The maximum absolute atomic E-state index is 6.36. The van der Waals surface area contributed by atoms with Gasteiger partial charge in [-0.2, -0.15) is 0 Å². The number of aromatic nitrogens is 1. The Labute approximate surface area is 174 Å². The van der Waals surface area contributed by atoms with Crippen LogP contribution in [0, 0.1) is 0 Å². The Kier molecular flexibility index (Phi) is 3.40. The summed E-state index contributed by atoms with van der Waals surface area (Å²) in [5, 5.41) is 5.26. The molecule has 0 aliphatic rings. The second-order valence-electron chi connectivity index (χ2n) is 6.91. The number of rotatable bonds is 1. The van der Waals surface area contributed by atoms with E-state index in [2.05, 4.69) is 69.0 Å². The Morgan fingerprint density at radius 2 is 1.54 bits per heavy atom. The highest BCUT2D eigenvalue weighted by molar-refractivity contribution is 9.10. The van der Waals surface area contributed by atoms with Crippen molar-refractivity contribution in [1.29, 1.82) is 0 Å². The predicted octanol–water partition coefficient (Wildman–Crippen LogP) is 8.10. The van der Waals surface area contributed by atoms with Gasteiger partial charge in [-0.05, 0) is 42.5 Å². The summed E-state index contributed by atoms with van der Waals surface area (Å²) in [6.07, 6.45) is 0. The highest BCUT2D eigenvalue weighted by Crippen LogP contribution is 2.40. The SMILES string of the molecule is Clc1cc(Br)cc(-n2c3ccccc3c3c4oc5ccccc5c4ccc32)c1. The fourth-order valence-corrected chi connectivity index (χ4v) is 5.02. The largest absolute Gasteiger partial charge is 0.455 e. The molecule has 134 valence electrons. The highest BCUT2D eigenvalue weighted by atomic mass is 79.9. The van der Waals surface area contributed by atoms with E-state index in [-0.39, 0.29) is 0 Å². The molecule has 0 saturated carbocycles. The average molecular weight is 447 g/mol. The minimum Gasteiger partial charge on any atom is -0.455 e. The van der Waals surface area contributed by atoms with Gasteiger partial charge < -0.3 is 8.98 Å². The van der Waals surface area contributed by atoms with Gasteiger partial charge in [-0.1, -0.05) is 63.9 Å². The smallest absolute Gasteiger partial charge is 0.145 e. The molecule has 0 atom stereocenters. The van der Waals surface area contributed by atoms with Gasteiger partial charge in [0.25, 0.3) is 0 Å². The van der Waals surface area contributed by atoms with Gasteiger partial charge in [0, 0.05) is 31.3 Å². The third-order valence-electron chi connectivity index (χ3n) is 5.29. The van der Waals surface area contributed by atoms with Crippen LogP contribution >= 0.6 is 27.5 Å². The summed E-state index contributed by atoms with van der Waals surface area (Å²) in [5.41, 5.74) is 5.07. The van der Waals surface area contributed by atoms with Gasteiger partial charge in [0.05, 0.1) is 16.4 Å². The Morgan fingerprint density at radius 1 is 0.750 bits per heavy atom. The standard InChI is InChI=1S/C24H13BrClNO/c25-14-11-15(26)13-16(12-14)27-20-7-3-1-6-19(20)23-21(27)10-9-18-17-5-2-4-8-22(17)28-24(18)23/h1-13H. The van der Waals surface area contributed by atoms with E-state index < -0.39 is 0 Å². The van der Waals surface area contributed by atoms with Gasteiger partial charge in [-0.25, -0.2) is 0 Å². The van der Waals surface area contributed by atoms with Crippen molar-refractivity contribution in [3.63, 3.8) is 0 Å². The van der Waals surface area contributed by atoms with Gasteiger partial charge in [0.2, 0.25) is 0 Å². The Morgan fingerprint density at radius 3 is 2.39 bits per heavy atom. The van der Waals surface area contributed by atoms with Crippen molar-refractivity contribution >= 4 is 71.3 Å². The van der Waals surface area contributed by atoms with Crippen molar-refractivity contribution in [3.05, 3.63) is 88.4 Å². The van der Waals surface area contributed by atoms with Gasteiger partial charge in [-0.3, -0.25) is 0 Å². The molecule has 2 aromatic heterocycles. The minimum absolute atomic E-state index is 0.695. The second kappa shape index (κ2) is 5.87. The van der Waals surface area contributed by atoms with Crippen molar-refractivity contribution < 1.29 is 4.42 Å². The van der Waals surface area contributed by atoms with Crippen molar-refractivity contribution in [1.82, 2.24) is 4.57 Å². The number of hydrogen-bond acceptors (Lipinski definition) is 1. The molecule has 0 radical (unpaired) electrons. The van der Waals surface area contributed by atoms with E-state index in [9.17, 15) is 0 Å². The first-order valence-corrected chi connectivity index (χ1v) is 10.2. The Hall–Kier alpha value is -2.75. The van der Waals surface area contributed by atoms with Gasteiger partial charge in [0.15, 0.2) is 0 Å². The van der Waals surface area contributed by atoms with Gasteiger partial charge in [0.1, 0.15) is 11.2 Å². The predicted molar refractivity (Wildman–Crippen MR) is 121 cm³/mol. The third kappa shape index (κ3) is 2.20. The molecule has 0 unspecified atom stereocenters. The molecular formula is C24H13BrClNO. The van der Waals surface area contributed by atoms with Crippen LogP contribution in [0.2, 0.25) is 5.02 Å². The van der Waals surface area contributed by atoms with Crippen LogP contribution in [0.15, 0.2) is 87.8 Å². The number of benzene rings is 4.